The quantitative estimate of drug-likeness (QED) is 0.821. The van der Waals surface area contributed by atoms with Crippen LogP contribution in [0.25, 0.3) is 0 Å². The van der Waals surface area contributed by atoms with Crippen molar-refractivity contribution in [3.8, 4) is 0 Å². The minimum absolute atomic E-state index is 0.543. The van der Waals surface area contributed by atoms with Crippen LogP contribution in [0.4, 0.5) is 0 Å². The Kier molecular flexibility index (Phi) is 5.87. The molecule has 1 aromatic carbocycles. The van der Waals surface area contributed by atoms with Crippen molar-refractivity contribution in [2.45, 2.75) is 64.1 Å². The molecule has 0 bridgehead atoms. The third-order valence-corrected chi connectivity index (χ3v) is 4.00. The molecule has 1 saturated heterocycles. The number of hydrogen-bond acceptors (Lipinski definition) is 2. The van der Waals surface area contributed by atoms with E-state index in [1.54, 1.807) is 0 Å². The van der Waals surface area contributed by atoms with Gasteiger partial charge in [-0.15, -0.1) is 0 Å². The van der Waals surface area contributed by atoms with E-state index in [9.17, 15) is 0 Å². The number of piperidine rings is 1. The van der Waals surface area contributed by atoms with Crippen molar-refractivity contribution in [1.82, 2.24) is 10.6 Å². The molecular weight excluding hydrogens is 232 g/mol. The summed E-state index contributed by atoms with van der Waals surface area (Å²) in [5.41, 5.74) is 1.42. The highest BCUT2D eigenvalue weighted by molar-refractivity contribution is 5.15. The van der Waals surface area contributed by atoms with Crippen molar-refractivity contribution in [1.29, 1.82) is 0 Å². The van der Waals surface area contributed by atoms with Crippen LogP contribution in [0, 0.1) is 0 Å². The van der Waals surface area contributed by atoms with Crippen LogP contribution in [0.5, 0.6) is 0 Å². The first-order chi connectivity index (χ1) is 9.24. The molecule has 3 atom stereocenters. The Balaban J connectivity index is 1.70. The molecule has 0 radical (unpaired) electrons. The van der Waals surface area contributed by atoms with Gasteiger partial charge in [0.1, 0.15) is 0 Å². The van der Waals surface area contributed by atoms with Crippen molar-refractivity contribution in [3.05, 3.63) is 35.9 Å². The summed E-state index contributed by atoms with van der Waals surface area (Å²) >= 11 is 0. The summed E-state index contributed by atoms with van der Waals surface area (Å²) in [5.74, 6) is 0. The molecule has 0 aromatic heterocycles. The summed E-state index contributed by atoms with van der Waals surface area (Å²) < 4.78 is 0. The molecule has 2 nitrogen and oxygen atoms in total. The monoisotopic (exact) mass is 260 g/mol. The third kappa shape index (κ3) is 5.33. The standard InChI is InChI=1S/C17H28N2/c1-14(12-16-8-4-3-5-9-16)19-15(2)13-17-10-6-7-11-18-17/h3-5,8-9,14-15,17-19H,6-7,10-13H2,1-2H3. The van der Waals surface area contributed by atoms with Crippen LogP contribution in [-0.2, 0) is 6.42 Å². The average Bonchev–Trinajstić information content (AvgIpc) is 2.40. The van der Waals surface area contributed by atoms with Crippen molar-refractivity contribution >= 4 is 0 Å². The van der Waals surface area contributed by atoms with E-state index in [0.29, 0.717) is 12.1 Å². The highest BCUT2D eigenvalue weighted by Gasteiger charge is 2.16. The molecule has 1 aliphatic rings. The largest absolute Gasteiger partial charge is 0.314 e. The van der Waals surface area contributed by atoms with E-state index >= 15 is 0 Å². The molecule has 0 aliphatic carbocycles. The van der Waals surface area contributed by atoms with Gasteiger partial charge in [-0.05, 0) is 51.6 Å². The fourth-order valence-corrected chi connectivity index (χ4v) is 3.13. The second-order valence-corrected chi connectivity index (χ2v) is 6.04. The Hall–Kier alpha value is -0.860. The van der Waals surface area contributed by atoms with E-state index in [2.05, 4.69) is 54.8 Å². The normalized spacial score (nSPS) is 22.9. The molecule has 3 unspecified atom stereocenters. The van der Waals surface area contributed by atoms with Gasteiger partial charge in [0.2, 0.25) is 0 Å². The van der Waals surface area contributed by atoms with Gasteiger partial charge < -0.3 is 10.6 Å². The number of hydrogen-bond donors (Lipinski definition) is 2. The Bertz CT molecular complexity index is 344. The molecule has 0 saturated carbocycles. The van der Waals surface area contributed by atoms with Crippen LogP contribution >= 0.6 is 0 Å². The van der Waals surface area contributed by atoms with Gasteiger partial charge in [-0.25, -0.2) is 0 Å². The first-order valence-corrected chi connectivity index (χ1v) is 7.77. The van der Waals surface area contributed by atoms with Gasteiger partial charge in [0, 0.05) is 18.1 Å². The van der Waals surface area contributed by atoms with Gasteiger partial charge in [0.05, 0.1) is 0 Å². The van der Waals surface area contributed by atoms with E-state index in [1.165, 1.54) is 37.8 Å². The van der Waals surface area contributed by atoms with Crippen LogP contribution in [0.15, 0.2) is 30.3 Å². The molecule has 0 amide bonds. The highest BCUT2D eigenvalue weighted by Crippen LogP contribution is 2.12. The number of benzene rings is 1. The van der Waals surface area contributed by atoms with E-state index in [-0.39, 0.29) is 0 Å². The maximum absolute atomic E-state index is 3.74. The summed E-state index contributed by atoms with van der Waals surface area (Å²) in [4.78, 5) is 0. The maximum atomic E-state index is 3.74. The van der Waals surface area contributed by atoms with Crippen molar-refractivity contribution in [3.63, 3.8) is 0 Å². The Morgan fingerprint density at radius 2 is 1.95 bits per heavy atom. The zero-order chi connectivity index (χ0) is 13.5. The molecule has 2 N–H and O–H groups in total. The molecule has 2 heteroatoms. The molecule has 2 rings (SSSR count). The highest BCUT2D eigenvalue weighted by atomic mass is 15.0. The molecule has 1 fully saturated rings. The SMILES string of the molecule is CC(Cc1ccccc1)NC(C)CC1CCCCN1. The van der Waals surface area contributed by atoms with Gasteiger partial charge in [-0.1, -0.05) is 36.8 Å². The van der Waals surface area contributed by atoms with E-state index < -0.39 is 0 Å². The molecule has 1 heterocycles. The third-order valence-electron chi connectivity index (χ3n) is 4.00. The van der Waals surface area contributed by atoms with E-state index in [1.807, 2.05) is 0 Å². The predicted octanol–water partition coefficient (Wildman–Crippen LogP) is 3.13. The minimum atomic E-state index is 0.543. The second kappa shape index (κ2) is 7.66. The van der Waals surface area contributed by atoms with Gasteiger partial charge in [-0.2, -0.15) is 0 Å². The van der Waals surface area contributed by atoms with Crippen molar-refractivity contribution < 1.29 is 0 Å². The van der Waals surface area contributed by atoms with Crippen molar-refractivity contribution in [2.75, 3.05) is 6.54 Å². The molecule has 19 heavy (non-hydrogen) atoms. The zero-order valence-electron chi connectivity index (χ0n) is 12.4. The lowest BCUT2D eigenvalue weighted by Crippen LogP contribution is -2.42. The Morgan fingerprint density at radius 3 is 2.63 bits per heavy atom. The molecular formula is C17H28N2. The lowest BCUT2D eigenvalue weighted by atomic mass is 9.98. The predicted molar refractivity (Wildman–Crippen MR) is 82.5 cm³/mol. The first-order valence-electron chi connectivity index (χ1n) is 7.77. The smallest absolute Gasteiger partial charge is 0.00817 e. The van der Waals surface area contributed by atoms with Gasteiger partial charge in [-0.3, -0.25) is 0 Å². The molecule has 0 spiro atoms. The Morgan fingerprint density at radius 1 is 1.16 bits per heavy atom. The first kappa shape index (κ1) is 14.5. The van der Waals surface area contributed by atoms with Crippen molar-refractivity contribution in [2.24, 2.45) is 0 Å². The lowest BCUT2D eigenvalue weighted by molar-refractivity contribution is 0.332. The van der Waals surface area contributed by atoms with E-state index in [0.717, 1.165) is 12.5 Å². The summed E-state index contributed by atoms with van der Waals surface area (Å²) in [7, 11) is 0. The topological polar surface area (TPSA) is 24.1 Å². The van der Waals surface area contributed by atoms with Crippen LogP contribution in [0.3, 0.4) is 0 Å². The molecule has 1 aromatic rings. The fraction of sp³-hybridized carbons (Fsp3) is 0.647. The number of rotatable bonds is 6. The van der Waals surface area contributed by atoms with Gasteiger partial charge >= 0.3 is 0 Å². The summed E-state index contributed by atoms with van der Waals surface area (Å²) in [6.07, 6.45) is 6.45. The zero-order valence-corrected chi connectivity index (χ0v) is 12.4. The van der Waals surface area contributed by atoms with E-state index in [4.69, 9.17) is 0 Å². The molecule has 106 valence electrons. The summed E-state index contributed by atoms with van der Waals surface area (Å²) in [5, 5.41) is 7.37. The van der Waals surface area contributed by atoms with Gasteiger partial charge in [0.15, 0.2) is 0 Å². The fourth-order valence-electron chi connectivity index (χ4n) is 3.13. The van der Waals surface area contributed by atoms with Crippen LogP contribution in [0.1, 0.15) is 45.1 Å². The second-order valence-electron chi connectivity index (χ2n) is 6.04. The average molecular weight is 260 g/mol. The molecule has 1 aliphatic heterocycles. The summed E-state index contributed by atoms with van der Waals surface area (Å²) in [6.45, 7) is 5.81. The Labute approximate surface area is 118 Å². The summed E-state index contributed by atoms with van der Waals surface area (Å²) in [6, 6.07) is 12.6. The maximum Gasteiger partial charge on any atom is 0.00817 e. The lowest BCUT2D eigenvalue weighted by Gasteiger charge is -2.28. The number of nitrogens with one attached hydrogen (secondary N) is 2. The minimum Gasteiger partial charge on any atom is -0.314 e. The van der Waals surface area contributed by atoms with Crippen LogP contribution in [-0.4, -0.2) is 24.7 Å². The van der Waals surface area contributed by atoms with Crippen LogP contribution < -0.4 is 10.6 Å². The van der Waals surface area contributed by atoms with Gasteiger partial charge in [0.25, 0.3) is 0 Å². The van der Waals surface area contributed by atoms with Crippen LogP contribution in [0.2, 0.25) is 0 Å².